The quantitative estimate of drug-likeness (QED) is 0.862. The lowest BCUT2D eigenvalue weighted by atomic mass is 10.2. The third kappa shape index (κ3) is 3.50. The van der Waals surface area contributed by atoms with Gasteiger partial charge in [-0.15, -0.1) is 0 Å². The third-order valence-electron chi connectivity index (χ3n) is 3.73. The molecule has 2 rings (SSSR count). The summed E-state index contributed by atoms with van der Waals surface area (Å²) in [6.07, 6.45) is 0. The molecule has 1 fully saturated rings. The first kappa shape index (κ1) is 15.3. The lowest BCUT2D eigenvalue weighted by Gasteiger charge is -2.35. The number of hydrogen-bond donors (Lipinski definition) is 1. The third-order valence-corrected chi connectivity index (χ3v) is 5.48. The van der Waals surface area contributed by atoms with Crippen molar-refractivity contribution >= 4 is 15.5 Å². The van der Waals surface area contributed by atoms with Gasteiger partial charge < -0.3 is 10.0 Å². The summed E-state index contributed by atoms with van der Waals surface area (Å²) in [5, 5.41) is 8.92. The van der Waals surface area contributed by atoms with Crippen molar-refractivity contribution < 1.29 is 13.5 Å². The highest BCUT2D eigenvalue weighted by Crippen LogP contribution is 2.20. The summed E-state index contributed by atoms with van der Waals surface area (Å²) in [7, 11) is -3.12. The average molecular weight is 298 g/mol. The first-order valence-corrected chi connectivity index (χ1v) is 8.63. The van der Waals surface area contributed by atoms with Crippen LogP contribution in [-0.4, -0.2) is 63.5 Å². The van der Waals surface area contributed by atoms with E-state index in [-0.39, 0.29) is 12.4 Å². The average Bonchev–Trinajstić information content (AvgIpc) is 2.48. The maximum atomic E-state index is 11.8. The van der Waals surface area contributed by atoms with Crippen molar-refractivity contribution in [2.45, 2.75) is 11.8 Å². The predicted octanol–water partition coefficient (Wildman–Crippen LogP) is 0.594. The Morgan fingerprint density at radius 3 is 2.20 bits per heavy atom. The van der Waals surface area contributed by atoms with Crippen molar-refractivity contribution in [2.24, 2.45) is 0 Å². The van der Waals surface area contributed by atoms with Gasteiger partial charge in [-0.2, -0.15) is 0 Å². The first-order chi connectivity index (χ1) is 9.56. The van der Waals surface area contributed by atoms with Gasteiger partial charge in [-0.1, -0.05) is 6.92 Å². The van der Waals surface area contributed by atoms with Gasteiger partial charge in [0.05, 0.1) is 17.3 Å². The number of nitrogens with zero attached hydrogens (tertiary/aromatic N) is 2. The molecule has 0 aliphatic carbocycles. The van der Waals surface area contributed by atoms with E-state index in [1.54, 1.807) is 19.1 Å². The Kier molecular flexibility index (Phi) is 5.01. The van der Waals surface area contributed by atoms with Gasteiger partial charge in [0.2, 0.25) is 0 Å². The van der Waals surface area contributed by atoms with E-state index >= 15 is 0 Å². The predicted molar refractivity (Wildman–Crippen MR) is 79.9 cm³/mol. The van der Waals surface area contributed by atoms with E-state index in [2.05, 4.69) is 9.80 Å². The van der Waals surface area contributed by atoms with Gasteiger partial charge in [0.25, 0.3) is 0 Å². The molecule has 1 N–H and O–H groups in total. The summed E-state index contributed by atoms with van der Waals surface area (Å²) >= 11 is 0. The van der Waals surface area contributed by atoms with Crippen molar-refractivity contribution in [3.63, 3.8) is 0 Å². The molecule has 0 radical (unpaired) electrons. The molecular weight excluding hydrogens is 276 g/mol. The van der Waals surface area contributed by atoms with Crippen LogP contribution in [0.15, 0.2) is 29.2 Å². The van der Waals surface area contributed by atoms with Crippen LogP contribution in [0.4, 0.5) is 5.69 Å². The van der Waals surface area contributed by atoms with Crippen LogP contribution in [-0.2, 0) is 9.84 Å². The molecule has 1 aliphatic heterocycles. The first-order valence-electron chi connectivity index (χ1n) is 6.98. The summed E-state index contributed by atoms with van der Waals surface area (Å²) in [6.45, 7) is 6.24. The highest BCUT2D eigenvalue weighted by molar-refractivity contribution is 7.91. The summed E-state index contributed by atoms with van der Waals surface area (Å²) in [4.78, 5) is 4.87. The van der Waals surface area contributed by atoms with Gasteiger partial charge in [0.15, 0.2) is 9.84 Å². The van der Waals surface area contributed by atoms with Crippen molar-refractivity contribution in [1.29, 1.82) is 0 Å². The molecule has 0 aromatic heterocycles. The van der Waals surface area contributed by atoms with Crippen molar-refractivity contribution in [3.8, 4) is 0 Å². The molecule has 5 nitrogen and oxygen atoms in total. The van der Waals surface area contributed by atoms with Gasteiger partial charge in [-0.25, -0.2) is 8.42 Å². The maximum Gasteiger partial charge on any atom is 0.178 e. The van der Waals surface area contributed by atoms with E-state index in [9.17, 15) is 8.42 Å². The summed E-state index contributed by atoms with van der Waals surface area (Å²) < 4.78 is 23.5. The van der Waals surface area contributed by atoms with E-state index in [0.717, 1.165) is 38.4 Å². The molecule has 0 atom stereocenters. The number of β-amino-alcohol motifs (C(OH)–C–C–N with tert-alkyl or cyclic N) is 1. The van der Waals surface area contributed by atoms with Crippen LogP contribution < -0.4 is 4.90 Å². The largest absolute Gasteiger partial charge is 0.395 e. The van der Waals surface area contributed by atoms with Gasteiger partial charge >= 0.3 is 0 Å². The zero-order valence-corrected chi connectivity index (χ0v) is 12.6. The SMILES string of the molecule is CCS(=O)(=O)c1ccc(N2CCN(CCO)CC2)cc1. The number of aliphatic hydroxyl groups excluding tert-OH is 1. The standard InChI is InChI=1S/C14H22N2O3S/c1-2-20(18,19)14-5-3-13(4-6-14)16-9-7-15(8-10-16)11-12-17/h3-6,17H,2,7-12H2,1H3. The molecule has 6 heteroatoms. The monoisotopic (exact) mass is 298 g/mol. The van der Waals surface area contributed by atoms with E-state index in [0.29, 0.717) is 4.90 Å². The number of sulfone groups is 1. The van der Waals surface area contributed by atoms with E-state index in [4.69, 9.17) is 5.11 Å². The fourth-order valence-electron chi connectivity index (χ4n) is 2.40. The van der Waals surface area contributed by atoms with Crippen LogP contribution >= 0.6 is 0 Å². The Balaban J connectivity index is 2.01. The minimum absolute atomic E-state index is 0.131. The molecular formula is C14H22N2O3S. The minimum atomic E-state index is -3.12. The van der Waals surface area contributed by atoms with Crippen molar-refractivity contribution in [2.75, 3.05) is 50.0 Å². The molecule has 1 aromatic rings. The van der Waals surface area contributed by atoms with Gasteiger partial charge in [-0.3, -0.25) is 4.90 Å². The molecule has 0 spiro atoms. The molecule has 0 unspecified atom stereocenters. The molecule has 1 heterocycles. The number of aliphatic hydroxyl groups is 1. The van der Waals surface area contributed by atoms with Crippen LogP contribution in [0, 0.1) is 0 Å². The van der Waals surface area contributed by atoms with Crippen molar-refractivity contribution in [3.05, 3.63) is 24.3 Å². The number of benzene rings is 1. The van der Waals surface area contributed by atoms with Crippen LogP contribution in [0.5, 0.6) is 0 Å². The summed E-state index contributed by atoms with van der Waals surface area (Å²) in [5.74, 6) is 0.131. The van der Waals surface area contributed by atoms with Gasteiger partial charge in [-0.05, 0) is 24.3 Å². The van der Waals surface area contributed by atoms with Gasteiger partial charge in [0.1, 0.15) is 0 Å². The Labute approximate surface area is 120 Å². The number of anilines is 1. The Bertz CT molecular complexity index is 520. The highest BCUT2D eigenvalue weighted by Gasteiger charge is 2.17. The Morgan fingerprint density at radius 2 is 1.70 bits per heavy atom. The lowest BCUT2D eigenvalue weighted by molar-refractivity contribution is 0.189. The van der Waals surface area contributed by atoms with Crippen molar-refractivity contribution in [1.82, 2.24) is 4.90 Å². The summed E-state index contributed by atoms with van der Waals surface area (Å²) in [6, 6.07) is 7.14. The smallest absolute Gasteiger partial charge is 0.178 e. The molecule has 1 aliphatic rings. The Morgan fingerprint density at radius 1 is 1.10 bits per heavy atom. The second kappa shape index (κ2) is 6.56. The maximum absolute atomic E-state index is 11.8. The Hall–Kier alpha value is -1.11. The van der Waals surface area contributed by atoms with Crippen LogP contribution in [0.3, 0.4) is 0 Å². The second-order valence-corrected chi connectivity index (χ2v) is 7.23. The topological polar surface area (TPSA) is 60.9 Å². The van der Waals surface area contributed by atoms with Crippen LogP contribution in [0.1, 0.15) is 6.92 Å². The fraction of sp³-hybridized carbons (Fsp3) is 0.571. The molecule has 0 saturated carbocycles. The molecule has 1 saturated heterocycles. The fourth-order valence-corrected chi connectivity index (χ4v) is 3.29. The lowest BCUT2D eigenvalue weighted by Crippen LogP contribution is -2.47. The normalized spacial score (nSPS) is 17.4. The number of hydrogen-bond acceptors (Lipinski definition) is 5. The van der Waals surface area contributed by atoms with Gasteiger partial charge in [0, 0.05) is 38.4 Å². The zero-order chi connectivity index (χ0) is 14.6. The summed E-state index contributed by atoms with van der Waals surface area (Å²) in [5.41, 5.74) is 1.06. The minimum Gasteiger partial charge on any atom is -0.395 e. The molecule has 112 valence electrons. The number of rotatable bonds is 5. The molecule has 0 amide bonds. The van der Waals surface area contributed by atoms with Crippen LogP contribution in [0.2, 0.25) is 0 Å². The van der Waals surface area contributed by atoms with E-state index in [1.807, 2.05) is 12.1 Å². The van der Waals surface area contributed by atoms with E-state index in [1.165, 1.54) is 0 Å². The van der Waals surface area contributed by atoms with E-state index < -0.39 is 9.84 Å². The zero-order valence-electron chi connectivity index (χ0n) is 11.8. The number of piperazine rings is 1. The highest BCUT2D eigenvalue weighted by atomic mass is 32.2. The molecule has 1 aromatic carbocycles. The second-order valence-electron chi connectivity index (χ2n) is 4.95. The molecule has 20 heavy (non-hydrogen) atoms. The molecule has 0 bridgehead atoms. The van der Waals surface area contributed by atoms with Crippen LogP contribution in [0.25, 0.3) is 0 Å².